The fraction of sp³-hybridized carbons (Fsp3) is 0.742. The van der Waals surface area contributed by atoms with Crippen molar-refractivity contribution in [2.45, 2.75) is 101 Å². The molecule has 5 nitrogen and oxygen atoms in total. The van der Waals surface area contributed by atoms with Gasteiger partial charge in [0.05, 0.1) is 17.1 Å². The maximum Gasteiger partial charge on any atom is 0.116 e. The topological polar surface area (TPSA) is 87.7 Å². The van der Waals surface area contributed by atoms with Gasteiger partial charge in [-0.1, -0.05) is 31.1 Å². The third-order valence-corrected chi connectivity index (χ3v) is 10.8. The first-order valence-corrected chi connectivity index (χ1v) is 14.4. The van der Waals surface area contributed by atoms with Gasteiger partial charge in [-0.3, -0.25) is 0 Å². The maximum atomic E-state index is 10.5. The number of aliphatic hydroxyl groups excluding tert-OH is 1. The number of nitrogens with two attached hydrogens (primary N) is 1. The number of hydrogen-bond acceptors (Lipinski definition) is 5. The van der Waals surface area contributed by atoms with Gasteiger partial charge in [-0.2, -0.15) is 0 Å². The van der Waals surface area contributed by atoms with Crippen LogP contribution in [0.5, 0.6) is 5.75 Å². The van der Waals surface area contributed by atoms with Crippen LogP contribution in [0.25, 0.3) is 0 Å². The number of hydrogen-bond donors (Lipinski definition) is 4. The lowest BCUT2D eigenvalue weighted by Crippen LogP contribution is -2.80. The van der Waals surface area contributed by atoms with Crippen LogP contribution in [-0.4, -0.2) is 40.6 Å². The maximum absolute atomic E-state index is 10.5. The Balaban J connectivity index is 1.50. The Morgan fingerprint density at radius 3 is 2.86 bits per heavy atom. The summed E-state index contributed by atoms with van der Waals surface area (Å²) >= 11 is 0. The number of phenolic OH excluding ortho intramolecular Hbond substituents is 1. The molecule has 8 atom stereocenters. The van der Waals surface area contributed by atoms with Crippen molar-refractivity contribution in [3.63, 3.8) is 0 Å². The SMILES string of the molecule is CNCc1cc(O)cc2c1C[C@@H]1CCC[C@@H](C1)[C@@]13C[C@@H]4CCC[C@@](C)(O1)[C@H]4[C@@](N)(CCO)[C@H]3C#CC2. The van der Waals surface area contributed by atoms with E-state index in [0.717, 1.165) is 37.8 Å². The average Bonchev–Trinajstić information content (AvgIpc) is 2.83. The van der Waals surface area contributed by atoms with Gasteiger partial charge >= 0.3 is 0 Å². The molecule has 5 N–H and O–H groups in total. The zero-order chi connectivity index (χ0) is 25.1. The van der Waals surface area contributed by atoms with Crippen LogP contribution >= 0.6 is 0 Å². The van der Waals surface area contributed by atoms with Crippen LogP contribution in [0.1, 0.15) is 81.4 Å². The third-order valence-electron chi connectivity index (χ3n) is 10.8. The molecule has 0 aromatic heterocycles. The summed E-state index contributed by atoms with van der Waals surface area (Å²) in [6.07, 6.45) is 11.6. The molecule has 2 heterocycles. The van der Waals surface area contributed by atoms with Crippen LogP contribution in [0.3, 0.4) is 0 Å². The van der Waals surface area contributed by atoms with Gasteiger partial charge in [-0.15, -0.1) is 0 Å². The molecule has 5 fully saturated rings. The van der Waals surface area contributed by atoms with Crippen molar-refractivity contribution in [3.05, 3.63) is 28.8 Å². The minimum atomic E-state index is -0.530. The van der Waals surface area contributed by atoms with Crippen LogP contribution in [0.4, 0.5) is 0 Å². The zero-order valence-corrected chi connectivity index (χ0v) is 22.1. The summed E-state index contributed by atoms with van der Waals surface area (Å²) < 4.78 is 7.38. The summed E-state index contributed by atoms with van der Waals surface area (Å²) in [7, 11) is 1.97. The number of phenols is 1. The molecule has 3 saturated carbocycles. The Morgan fingerprint density at radius 2 is 2.08 bits per heavy atom. The van der Waals surface area contributed by atoms with E-state index in [-0.39, 0.29) is 29.6 Å². The largest absolute Gasteiger partial charge is 0.508 e. The van der Waals surface area contributed by atoms with Crippen molar-refractivity contribution in [2.24, 2.45) is 35.3 Å². The van der Waals surface area contributed by atoms with Gasteiger partial charge in [0.1, 0.15) is 5.75 Å². The lowest BCUT2D eigenvalue weighted by Gasteiger charge is -2.72. The predicted molar refractivity (Wildman–Crippen MR) is 141 cm³/mol. The van der Waals surface area contributed by atoms with Crippen LogP contribution in [0.15, 0.2) is 12.1 Å². The Bertz CT molecular complexity index is 1080. The zero-order valence-electron chi connectivity index (χ0n) is 22.1. The number of benzene rings is 1. The smallest absolute Gasteiger partial charge is 0.116 e. The number of nitrogens with one attached hydrogen (secondary N) is 1. The second kappa shape index (κ2) is 9.02. The molecule has 0 amide bonds. The number of ether oxygens (including phenoxy) is 1. The number of rotatable bonds is 4. The molecule has 36 heavy (non-hydrogen) atoms. The molecule has 6 bridgehead atoms. The van der Waals surface area contributed by atoms with E-state index in [1.807, 2.05) is 19.2 Å². The fourth-order valence-corrected chi connectivity index (χ4v) is 9.81. The van der Waals surface area contributed by atoms with Crippen molar-refractivity contribution < 1.29 is 14.9 Å². The molecule has 2 saturated heterocycles. The first-order valence-electron chi connectivity index (χ1n) is 14.4. The van der Waals surface area contributed by atoms with Gasteiger partial charge in [0, 0.05) is 31.0 Å². The van der Waals surface area contributed by atoms with Crippen LogP contribution in [0, 0.1) is 41.4 Å². The van der Waals surface area contributed by atoms with E-state index in [1.54, 1.807) is 0 Å². The van der Waals surface area contributed by atoms with Gasteiger partial charge in [-0.05, 0) is 105 Å². The van der Waals surface area contributed by atoms with E-state index in [4.69, 9.17) is 10.5 Å². The third kappa shape index (κ3) is 3.67. The average molecular weight is 493 g/mol. The Kier molecular flexibility index (Phi) is 6.20. The molecule has 196 valence electrons. The second-order valence-corrected chi connectivity index (χ2v) is 12.9. The van der Waals surface area contributed by atoms with E-state index in [2.05, 4.69) is 24.1 Å². The molecule has 4 aliphatic carbocycles. The molecular weight excluding hydrogens is 448 g/mol. The molecule has 2 aliphatic heterocycles. The highest BCUT2D eigenvalue weighted by atomic mass is 16.5. The van der Waals surface area contributed by atoms with E-state index in [0.29, 0.717) is 36.3 Å². The van der Waals surface area contributed by atoms with Crippen molar-refractivity contribution in [1.82, 2.24) is 5.32 Å². The molecule has 5 heteroatoms. The van der Waals surface area contributed by atoms with E-state index >= 15 is 0 Å². The van der Waals surface area contributed by atoms with Gasteiger partial charge < -0.3 is 26.0 Å². The summed E-state index contributed by atoms with van der Waals surface area (Å²) in [4.78, 5) is 0. The highest BCUT2D eigenvalue weighted by Crippen LogP contribution is 2.67. The normalized spacial score (nSPS) is 42.9. The molecule has 1 aromatic carbocycles. The summed E-state index contributed by atoms with van der Waals surface area (Å²) in [5.74, 6) is 9.40. The van der Waals surface area contributed by atoms with E-state index < -0.39 is 5.54 Å². The standard InChI is InChI=1S/C31H44N2O3/c1-29-11-5-8-22-18-31(36-29)24-9-3-6-20(14-24)15-26-21(16-25(35)17-23(26)19-33-2)7-4-10-27(31)30(32,12-13-34)28(22)29/h16-17,20,22,24,27-28,33-35H,3,5-9,11-15,18-19,32H2,1-2H3/t20-,22+,24+,27-,28+,29-,30-,31-/m1/s1. The highest BCUT2D eigenvalue weighted by Gasteiger charge is 2.72. The van der Waals surface area contributed by atoms with Gasteiger partial charge in [0.2, 0.25) is 0 Å². The molecule has 1 aromatic rings. The minimum absolute atomic E-state index is 0.0658. The predicted octanol–water partition coefficient (Wildman–Crippen LogP) is 4.06. The van der Waals surface area contributed by atoms with Crippen molar-refractivity contribution >= 4 is 0 Å². The second-order valence-electron chi connectivity index (χ2n) is 12.9. The molecule has 1 spiro atoms. The number of fused-ring (bicyclic) bond motifs is 3. The fourth-order valence-electron chi connectivity index (χ4n) is 9.81. The summed E-state index contributed by atoms with van der Waals surface area (Å²) in [5, 5.41) is 24.1. The molecule has 6 aliphatic rings. The number of aliphatic hydroxyl groups is 1. The van der Waals surface area contributed by atoms with Crippen molar-refractivity contribution in [2.75, 3.05) is 13.7 Å². The monoisotopic (exact) mass is 492 g/mol. The van der Waals surface area contributed by atoms with E-state index in [1.165, 1.54) is 43.2 Å². The van der Waals surface area contributed by atoms with Crippen LogP contribution in [-0.2, 0) is 24.1 Å². The lowest BCUT2D eigenvalue weighted by atomic mass is 9.43. The highest BCUT2D eigenvalue weighted by molar-refractivity contribution is 5.44. The van der Waals surface area contributed by atoms with Gasteiger partial charge in [-0.25, -0.2) is 0 Å². The Hall–Kier alpha value is -1.58. The van der Waals surface area contributed by atoms with Gasteiger partial charge in [0.15, 0.2) is 0 Å². The Labute approximate surface area is 216 Å². The molecule has 7 rings (SSSR count). The minimum Gasteiger partial charge on any atom is -0.508 e. The Morgan fingerprint density at radius 1 is 1.22 bits per heavy atom. The molecular formula is C31H44N2O3. The first kappa shape index (κ1) is 24.7. The van der Waals surface area contributed by atoms with Crippen molar-refractivity contribution in [3.8, 4) is 17.6 Å². The first-order chi connectivity index (χ1) is 17.3. The van der Waals surface area contributed by atoms with Crippen molar-refractivity contribution in [1.29, 1.82) is 0 Å². The summed E-state index contributed by atoms with van der Waals surface area (Å²) in [6, 6.07) is 3.86. The van der Waals surface area contributed by atoms with Crippen LogP contribution < -0.4 is 11.1 Å². The summed E-state index contributed by atoms with van der Waals surface area (Å²) in [6.45, 7) is 3.17. The lowest BCUT2D eigenvalue weighted by molar-refractivity contribution is -0.340. The molecule has 0 unspecified atom stereocenters. The molecule has 0 radical (unpaired) electrons. The van der Waals surface area contributed by atoms with Gasteiger partial charge in [0.25, 0.3) is 0 Å². The number of aromatic hydroxyl groups is 1. The summed E-state index contributed by atoms with van der Waals surface area (Å²) in [5.41, 5.74) is 10.1. The quantitative estimate of drug-likeness (QED) is 0.476. The van der Waals surface area contributed by atoms with E-state index in [9.17, 15) is 10.2 Å². The van der Waals surface area contributed by atoms with Crippen LogP contribution in [0.2, 0.25) is 0 Å².